The average Bonchev–Trinajstić information content (AvgIpc) is 2.59. The summed E-state index contributed by atoms with van der Waals surface area (Å²) in [5, 5.41) is 1.10. The molecule has 0 spiro atoms. The topological polar surface area (TPSA) is 29.3 Å². The van der Waals surface area contributed by atoms with Crippen LogP contribution in [0.1, 0.15) is 33.1 Å². The standard InChI is InChI=1S/C15H22Cl2N2/c1-10(2)11-4-3-6-19(7-5-11)15-9-13(17)12(16)8-14(15)18/h8-11H,3-7,18H2,1-2H3. The molecule has 1 fully saturated rings. The van der Waals surface area contributed by atoms with Crippen molar-refractivity contribution < 1.29 is 0 Å². The molecule has 1 saturated heterocycles. The maximum atomic E-state index is 6.11. The highest BCUT2D eigenvalue weighted by atomic mass is 35.5. The van der Waals surface area contributed by atoms with Gasteiger partial charge in [-0.15, -0.1) is 0 Å². The molecule has 1 unspecified atom stereocenters. The van der Waals surface area contributed by atoms with Crippen molar-refractivity contribution in [1.82, 2.24) is 0 Å². The van der Waals surface area contributed by atoms with Crippen LogP contribution in [0.5, 0.6) is 0 Å². The third-order valence-electron chi connectivity index (χ3n) is 4.13. The summed E-state index contributed by atoms with van der Waals surface area (Å²) < 4.78 is 0. The summed E-state index contributed by atoms with van der Waals surface area (Å²) in [6.45, 7) is 6.72. The number of benzene rings is 1. The number of anilines is 2. The Kier molecular flexibility index (Phi) is 4.86. The Labute approximate surface area is 125 Å². The molecule has 0 bridgehead atoms. The number of hydrogen-bond donors (Lipinski definition) is 1. The second kappa shape index (κ2) is 6.23. The van der Waals surface area contributed by atoms with Gasteiger partial charge in [-0.3, -0.25) is 0 Å². The third kappa shape index (κ3) is 3.49. The van der Waals surface area contributed by atoms with Gasteiger partial charge in [0.05, 0.1) is 21.4 Å². The normalized spacial score (nSPS) is 20.7. The molecule has 0 amide bonds. The van der Waals surface area contributed by atoms with E-state index in [-0.39, 0.29) is 0 Å². The van der Waals surface area contributed by atoms with Crippen molar-refractivity contribution in [1.29, 1.82) is 0 Å². The summed E-state index contributed by atoms with van der Waals surface area (Å²) >= 11 is 12.1. The number of nitrogens with zero attached hydrogens (tertiary/aromatic N) is 1. The zero-order valence-electron chi connectivity index (χ0n) is 11.6. The Hall–Kier alpha value is -0.600. The van der Waals surface area contributed by atoms with Gasteiger partial charge in [-0.2, -0.15) is 0 Å². The monoisotopic (exact) mass is 300 g/mol. The van der Waals surface area contributed by atoms with Crippen LogP contribution in [-0.2, 0) is 0 Å². The highest BCUT2D eigenvalue weighted by molar-refractivity contribution is 6.42. The fourth-order valence-electron chi connectivity index (χ4n) is 2.86. The van der Waals surface area contributed by atoms with Gasteiger partial charge < -0.3 is 10.6 Å². The van der Waals surface area contributed by atoms with Crippen LogP contribution in [-0.4, -0.2) is 13.1 Å². The van der Waals surface area contributed by atoms with E-state index in [2.05, 4.69) is 18.7 Å². The van der Waals surface area contributed by atoms with Gasteiger partial charge in [0, 0.05) is 13.1 Å². The lowest BCUT2D eigenvalue weighted by Gasteiger charge is -2.25. The summed E-state index contributed by atoms with van der Waals surface area (Å²) in [4.78, 5) is 2.35. The van der Waals surface area contributed by atoms with Crippen molar-refractivity contribution in [3.8, 4) is 0 Å². The molecule has 2 N–H and O–H groups in total. The van der Waals surface area contributed by atoms with Gasteiger partial charge in [-0.25, -0.2) is 0 Å². The number of halogens is 2. The van der Waals surface area contributed by atoms with E-state index in [1.807, 2.05) is 6.07 Å². The third-order valence-corrected chi connectivity index (χ3v) is 4.85. The molecule has 1 heterocycles. The highest BCUT2D eigenvalue weighted by Crippen LogP contribution is 2.35. The molecule has 1 aromatic rings. The summed E-state index contributed by atoms with van der Waals surface area (Å²) in [6, 6.07) is 3.65. The summed E-state index contributed by atoms with van der Waals surface area (Å²) in [5.41, 5.74) is 7.83. The van der Waals surface area contributed by atoms with Gasteiger partial charge >= 0.3 is 0 Å². The molecule has 0 radical (unpaired) electrons. The zero-order chi connectivity index (χ0) is 14.0. The summed E-state index contributed by atoms with van der Waals surface area (Å²) in [6.07, 6.45) is 3.73. The molecular formula is C15H22Cl2N2. The van der Waals surface area contributed by atoms with E-state index < -0.39 is 0 Å². The lowest BCUT2D eigenvalue weighted by molar-refractivity contribution is 0.351. The van der Waals surface area contributed by atoms with Crippen LogP contribution in [0.15, 0.2) is 12.1 Å². The van der Waals surface area contributed by atoms with Crippen LogP contribution in [0.2, 0.25) is 10.0 Å². The van der Waals surface area contributed by atoms with E-state index in [1.54, 1.807) is 6.07 Å². The van der Waals surface area contributed by atoms with Gasteiger partial charge in [0.25, 0.3) is 0 Å². The van der Waals surface area contributed by atoms with Crippen LogP contribution < -0.4 is 10.6 Å². The molecule has 0 saturated carbocycles. The number of rotatable bonds is 2. The van der Waals surface area contributed by atoms with Gasteiger partial charge in [0.1, 0.15) is 0 Å². The molecule has 2 nitrogen and oxygen atoms in total. The second-order valence-corrected chi connectivity index (χ2v) is 6.56. The molecule has 19 heavy (non-hydrogen) atoms. The Morgan fingerprint density at radius 1 is 1.16 bits per heavy atom. The van der Waals surface area contributed by atoms with Crippen molar-refractivity contribution in [2.75, 3.05) is 23.7 Å². The van der Waals surface area contributed by atoms with Crippen LogP contribution in [0, 0.1) is 11.8 Å². The maximum absolute atomic E-state index is 6.11. The second-order valence-electron chi connectivity index (χ2n) is 5.75. The van der Waals surface area contributed by atoms with E-state index in [9.17, 15) is 0 Å². The minimum atomic E-state index is 0.526. The molecule has 0 aromatic heterocycles. The largest absolute Gasteiger partial charge is 0.397 e. The Morgan fingerprint density at radius 3 is 2.53 bits per heavy atom. The highest BCUT2D eigenvalue weighted by Gasteiger charge is 2.21. The first-order valence-electron chi connectivity index (χ1n) is 6.98. The quantitative estimate of drug-likeness (QED) is 0.792. The van der Waals surface area contributed by atoms with Gasteiger partial charge in [-0.05, 0) is 43.2 Å². The van der Waals surface area contributed by atoms with Crippen LogP contribution in [0.4, 0.5) is 11.4 Å². The van der Waals surface area contributed by atoms with Crippen LogP contribution >= 0.6 is 23.2 Å². The Bertz CT molecular complexity index is 446. The first kappa shape index (κ1) is 14.8. The predicted octanol–water partition coefficient (Wildman–Crippen LogP) is 4.84. The fourth-order valence-corrected chi connectivity index (χ4v) is 3.19. The maximum Gasteiger partial charge on any atom is 0.0615 e. The lowest BCUT2D eigenvalue weighted by Crippen LogP contribution is -2.25. The van der Waals surface area contributed by atoms with Gasteiger partial charge in [-0.1, -0.05) is 37.0 Å². The van der Waals surface area contributed by atoms with E-state index in [0.29, 0.717) is 10.0 Å². The van der Waals surface area contributed by atoms with Crippen molar-refractivity contribution in [3.05, 3.63) is 22.2 Å². The van der Waals surface area contributed by atoms with Crippen molar-refractivity contribution in [3.63, 3.8) is 0 Å². The summed E-state index contributed by atoms with van der Waals surface area (Å²) in [7, 11) is 0. The van der Waals surface area contributed by atoms with Crippen molar-refractivity contribution in [2.45, 2.75) is 33.1 Å². The fraction of sp³-hybridized carbons (Fsp3) is 0.600. The Balaban J connectivity index is 2.16. The van der Waals surface area contributed by atoms with Gasteiger partial charge in [0.15, 0.2) is 0 Å². The molecular weight excluding hydrogens is 279 g/mol. The molecule has 1 atom stereocenters. The van der Waals surface area contributed by atoms with E-state index >= 15 is 0 Å². The molecule has 0 aliphatic carbocycles. The molecule has 2 rings (SSSR count). The van der Waals surface area contributed by atoms with E-state index in [1.165, 1.54) is 19.3 Å². The zero-order valence-corrected chi connectivity index (χ0v) is 13.1. The van der Waals surface area contributed by atoms with E-state index in [0.717, 1.165) is 36.3 Å². The molecule has 1 aromatic carbocycles. The first-order chi connectivity index (χ1) is 8.99. The van der Waals surface area contributed by atoms with Crippen molar-refractivity contribution in [2.24, 2.45) is 11.8 Å². The lowest BCUT2D eigenvalue weighted by atomic mass is 9.89. The number of nitrogen functional groups attached to an aromatic ring is 1. The van der Waals surface area contributed by atoms with E-state index in [4.69, 9.17) is 28.9 Å². The molecule has 1 aliphatic rings. The Morgan fingerprint density at radius 2 is 1.84 bits per heavy atom. The van der Waals surface area contributed by atoms with Crippen LogP contribution in [0.3, 0.4) is 0 Å². The molecule has 4 heteroatoms. The van der Waals surface area contributed by atoms with Crippen molar-refractivity contribution >= 4 is 34.6 Å². The smallest absolute Gasteiger partial charge is 0.0615 e. The minimum absolute atomic E-state index is 0.526. The molecule has 106 valence electrons. The predicted molar refractivity (Wildman–Crippen MR) is 85.3 cm³/mol. The first-order valence-corrected chi connectivity index (χ1v) is 7.74. The van der Waals surface area contributed by atoms with Gasteiger partial charge in [0.2, 0.25) is 0 Å². The average molecular weight is 301 g/mol. The minimum Gasteiger partial charge on any atom is -0.397 e. The summed E-state index contributed by atoms with van der Waals surface area (Å²) in [5.74, 6) is 1.57. The SMILES string of the molecule is CC(C)C1CCCN(c2cc(Cl)c(Cl)cc2N)CC1. The van der Waals surface area contributed by atoms with Crippen LogP contribution in [0.25, 0.3) is 0 Å². The number of hydrogen-bond acceptors (Lipinski definition) is 2. The molecule has 1 aliphatic heterocycles. The number of nitrogens with two attached hydrogens (primary N) is 1.